The number of carbonyl (C=O) groups is 1. The second-order valence-corrected chi connectivity index (χ2v) is 8.59. The molecule has 0 unspecified atom stereocenters. The van der Waals surface area contributed by atoms with Gasteiger partial charge in [-0.3, -0.25) is 14.5 Å². The van der Waals surface area contributed by atoms with Crippen LogP contribution in [0.3, 0.4) is 0 Å². The van der Waals surface area contributed by atoms with Crippen LogP contribution in [0.15, 0.2) is 47.3 Å². The number of amides is 1. The first-order valence-corrected chi connectivity index (χ1v) is 11.1. The maximum absolute atomic E-state index is 13.0. The molecule has 0 bridgehead atoms. The highest BCUT2D eigenvalue weighted by atomic mass is 16.3. The first-order chi connectivity index (χ1) is 15.9. The van der Waals surface area contributed by atoms with Gasteiger partial charge in [-0.2, -0.15) is 5.10 Å². The van der Waals surface area contributed by atoms with Crippen molar-refractivity contribution in [2.45, 2.75) is 44.8 Å². The van der Waals surface area contributed by atoms with Gasteiger partial charge < -0.3 is 20.2 Å². The molecule has 1 fully saturated rings. The molecule has 0 spiro atoms. The van der Waals surface area contributed by atoms with Crippen molar-refractivity contribution >= 4 is 28.2 Å². The second-order valence-electron chi connectivity index (χ2n) is 8.59. The summed E-state index contributed by atoms with van der Waals surface area (Å²) in [6.07, 6.45) is 7.98. The second kappa shape index (κ2) is 8.67. The smallest absolute Gasteiger partial charge is 0.277 e. The molecule has 1 aliphatic rings. The van der Waals surface area contributed by atoms with Crippen molar-refractivity contribution in [2.75, 3.05) is 10.6 Å². The average Bonchev–Trinajstić information content (AvgIpc) is 3.42. The molecule has 3 N–H and O–H groups in total. The highest BCUT2D eigenvalue weighted by Crippen LogP contribution is 2.31. The van der Waals surface area contributed by atoms with Gasteiger partial charge in [0.1, 0.15) is 6.26 Å². The number of rotatable bonds is 5. The molecule has 1 aromatic carbocycles. The minimum Gasteiger partial charge on any atom is -0.444 e. The fraction of sp³-hybridized carbons (Fsp3) is 0.333. The minimum atomic E-state index is -0.360. The number of anilines is 2. The summed E-state index contributed by atoms with van der Waals surface area (Å²) in [4.78, 5) is 21.6. The van der Waals surface area contributed by atoms with Crippen LogP contribution in [0, 0.1) is 6.92 Å². The van der Waals surface area contributed by atoms with E-state index in [1.807, 2.05) is 38.4 Å². The molecule has 5 rings (SSSR count). The lowest BCUT2D eigenvalue weighted by molar-refractivity contribution is 0.102. The topological polar surface area (TPSA) is 118 Å². The molecule has 3 aromatic heterocycles. The number of aliphatic hydroxyl groups excluding tert-OH is 1. The summed E-state index contributed by atoms with van der Waals surface area (Å²) in [5.41, 5.74) is 4.08. The third-order valence-electron chi connectivity index (χ3n) is 5.94. The van der Waals surface area contributed by atoms with Gasteiger partial charge in [0.15, 0.2) is 5.69 Å². The standard InChI is InChI=1S/C24H26N6O3/c1-14-9-15(7-8-25-14)24-28-22(13-33-24)23(32)27-20-10-16-12-30(2)29-19(16)11-21(20)26-17-3-5-18(31)6-4-17/h7-13,17-18,26,31H,3-6H2,1-2H3,(H,27,32). The molecular weight excluding hydrogens is 420 g/mol. The maximum Gasteiger partial charge on any atom is 0.277 e. The van der Waals surface area contributed by atoms with Crippen LogP contribution in [0.4, 0.5) is 11.4 Å². The summed E-state index contributed by atoms with van der Waals surface area (Å²) in [7, 11) is 1.87. The number of hydrogen-bond donors (Lipinski definition) is 3. The zero-order valence-electron chi connectivity index (χ0n) is 18.6. The summed E-state index contributed by atoms with van der Waals surface area (Å²) in [5, 5.41) is 21.8. The summed E-state index contributed by atoms with van der Waals surface area (Å²) < 4.78 is 7.30. The number of carbonyl (C=O) groups excluding carboxylic acids is 1. The summed E-state index contributed by atoms with van der Waals surface area (Å²) in [6.45, 7) is 1.89. The quantitative estimate of drug-likeness (QED) is 0.425. The van der Waals surface area contributed by atoms with Crippen molar-refractivity contribution < 1.29 is 14.3 Å². The van der Waals surface area contributed by atoms with Crippen molar-refractivity contribution in [1.82, 2.24) is 19.7 Å². The number of aliphatic hydroxyl groups is 1. The van der Waals surface area contributed by atoms with Crippen molar-refractivity contribution in [3.8, 4) is 11.5 Å². The van der Waals surface area contributed by atoms with Crippen LogP contribution < -0.4 is 10.6 Å². The van der Waals surface area contributed by atoms with Gasteiger partial charge in [-0.1, -0.05) is 0 Å². The van der Waals surface area contributed by atoms with Gasteiger partial charge in [0.05, 0.1) is 23.0 Å². The van der Waals surface area contributed by atoms with Crippen LogP contribution in [-0.2, 0) is 7.05 Å². The summed E-state index contributed by atoms with van der Waals surface area (Å²) in [5.74, 6) is 0.00797. The monoisotopic (exact) mass is 446 g/mol. The van der Waals surface area contributed by atoms with Gasteiger partial charge >= 0.3 is 0 Å². The molecule has 1 amide bonds. The summed E-state index contributed by atoms with van der Waals surface area (Å²) >= 11 is 0. The number of pyridine rings is 1. The van der Waals surface area contributed by atoms with E-state index in [0.717, 1.165) is 53.5 Å². The zero-order chi connectivity index (χ0) is 22.9. The van der Waals surface area contributed by atoms with Crippen molar-refractivity contribution in [3.05, 3.63) is 54.3 Å². The van der Waals surface area contributed by atoms with E-state index in [0.29, 0.717) is 11.6 Å². The van der Waals surface area contributed by atoms with E-state index in [-0.39, 0.29) is 23.7 Å². The molecular formula is C24H26N6O3. The number of benzene rings is 1. The number of aromatic nitrogens is 4. The Bertz CT molecular complexity index is 1300. The van der Waals surface area contributed by atoms with Crippen molar-refractivity contribution in [2.24, 2.45) is 7.05 Å². The Morgan fingerprint density at radius 2 is 2.00 bits per heavy atom. The third kappa shape index (κ3) is 4.58. The van der Waals surface area contributed by atoms with Gasteiger partial charge in [0.2, 0.25) is 5.89 Å². The molecule has 9 heteroatoms. The van der Waals surface area contributed by atoms with E-state index in [1.165, 1.54) is 6.26 Å². The summed E-state index contributed by atoms with van der Waals surface area (Å²) in [6, 6.07) is 7.73. The van der Waals surface area contributed by atoms with Crippen LogP contribution in [-0.4, -0.2) is 42.9 Å². The number of oxazole rings is 1. The van der Waals surface area contributed by atoms with E-state index < -0.39 is 0 Å². The third-order valence-corrected chi connectivity index (χ3v) is 5.94. The van der Waals surface area contributed by atoms with Gasteiger partial charge in [-0.25, -0.2) is 4.98 Å². The first kappa shape index (κ1) is 21.1. The number of aryl methyl sites for hydroxylation is 2. The first-order valence-electron chi connectivity index (χ1n) is 11.1. The predicted octanol–water partition coefficient (Wildman–Crippen LogP) is 3.90. The Hall–Kier alpha value is -3.72. The Morgan fingerprint density at radius 3 is 2.79 bits per heavy atom. The lowest BCUT2D eigenvalue weighted by Gasteiger charge is -2.28. The molecule has 1 saturated carbocycles. The molecule has 0 aliphatic heterocycles. The van der Waals surface area contributed by atoms with Crippen LogP contribution in [0.2, 0.25) is 0 Å². The van der Waals surface area contributed by atoms with Crippen molar-refractivity contribution in [3.63, 3.8) is 0 Å². The Kier molecular flexibility index (Phi) is 5.55. The zero-order valence-corrected chi connectivity index (χ0v) is 18.6. The van der Waals surface area contributed by atoms with Crippen molar-refractivity contribution in [1.29, 1.82) is 0 Å². The SMILES string of the molecule is Cc1cc(-c2nc(C(=O)Nc3cc4cn(C)nc4cc3NC3CCC(O)CC3)co2)ccn1. The largest absolute Gasteiger partial charge is 0.444 e. The van der Waals surface area contributed by atoms with E-state index in [1.54, 1.807) is 16.9 Å². The Balaban J connectivity index is 1.41. The number of nitrogens with one attached hydrogen (secondary N) is 2. The fourth-order valence-corrected chi connectivity index (χ4v) is 4.23. The normalized spacial score (nSPS) is 18.4. The lowest BCUT2D eigenvalue weighted by atomic mass is 9.93. The van der Waals surface area contributed by atoms with E-state index in [2.05, 4.69) is 25.7 Å². The number of fused-ring (bicyclic) bond motifs is 1. The molecule has 4 aromatic rings. The molecule has 3 heterocycles. The van der Waals surface area contributed by atoms with Crippen LogP contribution >= 0.6 is 0 Å². The molecule has 1 aliphatic carbocycles. The maximum atomic E-state index is 13.0. The number of hydrogen-bond acceptors (Lipinski definition) is 7. The molecule has 9 nitrogen and oxygen atoms in total. The van der Waals surface area contributed by atoms with Crippen LogP contribution in [0.25, 0.3) is 22.4 Å². The van der Waals surface area contributed by atoms with Gasteiger partial charge in [0.25, 0.3) is 5.91 Å². The Labute approximate surface area is 190 Å². The molecule has 0 radical (unpaired) electrons. The fourth-order valence-electron chi connectivity index (χ4n) is 4.23. The Morgan fingerprint density at radius 1 is 1.18 bits per heavy atom. The van der Waals surface area contributed by atoms with Crippen LogP contribution in [0.5, 0.6) is 0 Å². The lowest BCUT2D eigenvalue weighted by Crippen LogP contribution is -2.28. The highest BCUT2D eigenvalue weighted by Gasteiger charge is 2.22. The van der Waals surface area contributed by atoms with E-state index in [9.17, 15) is 9.90 Å². The average molecular weight is 447 g/mol. The molecule has 0 atom stereocenters. The highest BCUT2D eigenvalue weighted by molar-refractivity contribution is 6.06. The number of nitrogens with zero attached hydrogens (tertiary/aromatic N) is 4. The van der Waals surface area contributed by atoms with Gasteiger partial charge in [0, 0.05) is 42.1 Å². The molecule has 0 saturated heterocycles. The van der Waals surface area contributed by atoms with Gasteiger partial charge in [-0.05, 0) is 56.9 Å². The van der Waals surface area contributed by atoms with E-state index >= 15 is 0 Å². The predicted molar refractivity (Wildman–Crippen MR) is 125 cm³/mol. The van der Waals surface area contributed by atoms with E-state index in [4.69, 9.17) is 4.42 Å². The minimum absolute atomic E-state index is 0.192. The molecule has 33 heavy (non-hydrogen) atoms. The van der Waals surface area contributed by atoms with Gasteiger partial charge in [-0.15, -0.1) is 0 Å². The molecule has 170 valence electrons. The van der Waals surface area contributed by atoms with Crippen LogP contribution in [0.1, 0.15) is 41.9 Å².